The minimum atomic E-state index is -1.29. The van der Waals surface area contributed by atoms with Crippen molar-refractivity contribution in [3.63, 3.8) is 0 Å². The fourth-order valence-corrected chi connectivity index (χ4v) is 2.82. The quantitative estimate of drug-likeness (QED) is 0.593. The monoisotopic (exact) mass is 278 g/mol. The van der Waals surface area contributed by atoms with Gasteiger partial charge < -0.3 is 9.47 Å². The molecule has 0 amide bonds. The molecule has 110 valence electrons. The van der Waals surface area contributed by atoms with Crippen LogP contribution in [-0.4, -0.2) is 26.2 Å². The van der Waals surface area contributed by atoms with Crippen LogP contribution in [0.1, 0.15) is 38.2 Å². The Morgan fingerprint density at radius 2 is 1.55 bits per heavy atom. The average molecular weight is 278 g/mol. The zero-order chi connectivity index (χ0) is 15.2. The Kier molecular flexibility index (Phi) is 5.74. The number of hydrogen-bond acceptors (Lipinski definition) is 4. The van der Waals surface area contributed by atoms with Crippen molar-refractivity contribution in [1.29, 1.82) is 0 Å². The first kappa shape index (κ1) is 16.2. The summed E-state index contributed by atoms with van der Waals surface area (Å²) in [6, 6.07) is 9.54. The van der Waals surface area contributed by atoms with Gasteiger partial charge in [-0.2, -0.15) is 0 Å². The molecule has 0 heterocycles. The van der Waals surface area contributed by atoms with Gasteiger partial charge in [0.25, 0.3) is 0 Å². The molecule has 0 bridgehead atoms. The predicted molar refractivity (Wildman–Crippen MR) is 76.2 cm³/mol. The number of esters is 2. The van der Waals surface area contributed by atoms with Gasteiger partial charge in [0.2, 0.25) is 0 Å². The molecule has 20 heavy (non-hydrogen) atoms. The van der Waals surface area contributed by atoms with Gasteiger partial charge >= 0.3 is 11.9 Å². The fourth-order valence-electron chi connectivity index (χ4n) is 2.82. The summed E-state index contributed by atoms with van der Waals surface area (Å²) in [7, 11) is 2.60. The highest BCUT2D eigenvalue weighted by Crippen LogP contribution is 2.43. The maximum atomic E-state index is 12.3. The SMILES string of the molecule is CCC(c1ccccc1)C(CC)(C(=O)OC)C(=O)OC. The number of methoxy groups -OCH3 is 2. The van der Waals surface area contributed by atoms with Crippen molar-refractivity contribution >= 4 is 11.9 Å². The molecule has 0 spiro atoms. The first-order valence-corrected chi connectivity index (χ1v) is 6.80. The number of benzene rings is 1. The van der Waals surface area contributed by atoms with Gasteiger partial charge in [0.1, 0.15) is 0 Å². The summed E-state index contributed by atoms with van der Waals surface area (Å²) in [4.78, 5) is 24.6. The molecule has 1 aromatic carbocycles. The molecule has 4 heteroatoms. The average Bonchev–Trinajstić information content (AvgIpc) is 2.51. The van der Waals surface area contributed by atoms with Crippen LogP contribution in [0.25, 0.3) is 0 Å². The normalized spacial score (nSPS) is 12.6. The number of carbonyl (C=O) groups is 2. The molecule has 0 saturated carbocycles. The molecular formula is C16H22O4. The summed E-state index contributed by atoms with van der Waals surface area (Å²) >= 11 is 0. The standard InChI is InChI=1S/C16H22O4/c1-5-13(12-10-8-7-9-11-12)16(6-2,14(17)19-3)15(18)20-4/h7-11,13H,5-6H2,1-4H3. The van der Waals surface area contributed by atoms with E-state index in [1.807, 2.05) is 37.3 Å². The van der Waals surface area contributed by atoms with Crippen LogP contribution >= 0.6 is 0 Å². The fraction of sp³-hybridized carbons (Fsp3) is 0.500. The van der Waals surface area contributed by atoms with Gasteiger partial charge in [-0.3, -0.25) is 9.59 Å². The van der Waals surface area contributed by atoms with Gasteiger partial charge in [0.05, 0.1) is 14.2 Å². The van der Waals surface area contributed by atoms with Crippen LogP contribution in [0.3, 0.4) is 0 Å². The van der Waals surface area contributed by atoms with E-state index in [-0.39, 0.29) is 5.92 Å². The third-order valence-corrected chi connectivity index (χ3v) is 3.86. The predicted octanol–water partition coefficient (Wildman–Crippen LogP) is 2.92. The van der Waals surface area contributed by atoms with Crippen molar-refractivity contribution in [3.8, 4) is 0 Å². The molecule has 0 aliphatic rings. The van der Waals surface area contributed by atoms with E-state index in [2.05, 4.69) is 0 Å². The van der Waals surface area contributed by atoms with Crippen molar-refractivity contribution in [1.82, 2.24) is 0 Å². The minimum absolute atomic E-state index is 0.270. The first-order valence-electron chi connectivity index (χ1n) is 6.80. The molecule has 1 rings (SSSR count). The maximum Gasteiger partial charge on any atom is 0.323 e. The molecule has 1 unspecified atom stereocenters. The van der Waals surface area contributed by atoms with Crippen LogP contribution in [0, 0.1) is 5.41 Å². The molecule has 0 aliphatic carbocycles. The second-order valence-electron chi connectivity index (χ2n) is 4.68. The maximum absolute atomic E-state index is 12.3. The van der Waals surface area contributed by atoms with Gasteiger partial charge in [0.15, 0.2) is 5.41 Å². The zero-order valence-corrected chi connectivity index (χ0v) is 12.5. The van der Waals surface area contributed by atoms with Gasteiger partial charge in [-0.25, -0.2) is 0 Å². The van der Waals surface area contributed by atoms with Crippen LogP contribution in [0.15, 0.2) is 30.3 Å². The third-order valence-electron chi connectivity index (χ3n) is 3.86. The van der Waals surface area contributed by atoms with Crippen LogP contribution in [0.5, 0.6) is 0 Å². The molecule has 0 saturated heterocycles. The Morgan fingerprint density at radius 3 is 1.90 bits per heavy atom. The molecule has 0 fully saturated rings. The lowest BCUT2D eigenvalue weighted by Gasteiger charge is -2.34. The Labute approximate surface area is 120 Å². The van der Waals surface area contributed by atoms with Crippen molar-refractivity contribution < 1.29 is 19.1 Å². The van der Waals surface area contributed by atoms with Crippen LogP contribution in [-0.2, 0) is 19.1 Å². The highest BCUT2D eigenvalue weighted by Gasteiger charge is 2.52. The number of ether oxygens (including phenoxy) is 2. The van der Waals surface area contributed by atoms with Crippen LogP contribution in [0.4, 0.5) is 0 Å². The van der Waals surface area contributed by atoms with E-state index in [1.165, 1.54) is 14.2 Å². The molecule has 4 nitrogen and oxygen atoms in total. The first-order chi connectivity index (χ1) is 9.58. The number of carbonyl (C=O) groups excluding carboxylic acids is 2. The van der Waals surface area contributed by atoms with Gasteiger partial charge in [-0.1, -0.05) is 44.2 Å². The van der Waals surface area contributed by atoms with Crippen molar-refractivity contribution in [2.75, 3.05) is 14.2 Å². The molecule has 1 atom stereocenters. The van der Waals surface area contributed by atoms with E-state index in [4.69, 9.17) is 9.47 Å². The molecular weight excluding hydrogens is 256 g/mol. The smallest absolute Gasteiger partial charge is 0.323 e. The molecule has 0 aliphatic heterocycles. The Morgan fingerprint density at radius 1 is 1.05 bits per heavy atom. The van der Waals surface area contributed by atoms with E-state index in [0.29, 0.717) is 12.8 Å². The highest BCUT2D eigenvalue weighted by molar-refractivity contribution is 6.01. The number of hydrogen-bond donors (Lipinski definition) is 0. The summed E-state index contributed by atoms with van der Waals surface area (Å²) < 4.78 is 9.79. The largest absolute Gasteiger partial charge is 0.468 e. The van der Waals surface area contributed by atoms with Crippen molar-refractivity contribution in [2.24, 2.45) is 5.41 Å². The van der Waals surface area contributed by atoms with E-state index in [9.17, 15) is 9.59 Å². The molecule has 0 aromatic heterocycles. The Bertz CT molecular complexity index is 437. The molecule has 0 N–H and O–H groups in total. The zero-order valence-electron chi connectivity index (χ0n) is 12.5. The van der Waals surface area contributed by atoms with E-state index in [1.54, 1.807) is 6.92 Å². The summed E-state index contributed by atoms with van der Waals surface area (Å²) in [5.41, 5.74) is -0.354. The summed E-state index contributed by atoms with van der Waals surface area (Å²) in [5, 5.41) is 0. The second-order valence-corrected chi connectivity index (χ2v) is 4.68. The van der Waals surface area contributed by atoms with Crippen LogP contribution in [0.2, 0.25) is 0 Å². The summed E-state index contributed by atoms with van der Waals surface area (Å²) in [6.45, 7) is 3.76. The lowest BCUT2D eigenvalue weighted by molar-refractivity contribution is -0.171. The van der Waals surface area contributed by atoms with E-state index >= 15 is 0 Å². The minimum Gasteiger partial charge on any atom is -0.468 e. The highest BCUT2D eigenvalue weighted by atomic mass is 16.5. The van der Waals surface area contributed by atoms with Gasteiger partial charge in [0, 0.05) is 5.92 Å². The van der Waals surface area contributed by atoms with Crippen molar-refractivity contribution in [3.05, 3.63) is 35.9 Å². The third kappa shape index (κ3) is 2.69. The molecule has 1 aromatic rings. The second kappa shape index (κ2) is 7.08. The lowest BCUT2D eigenvalue weighted by Crippen LogP contribution is -2.45. The lowest BCUT2D eigenvalue weighted by atomic mass is 9.68. The summed E-state index contributed by atoms with van der Waals surface area (Å²) in [6.07, 6.45) is 0.974. The van der Waals surface area contributed by atoms with Gasteiger partial charge in [-0.05, 0) is 18.4 Å². The van der Waals surface area contributed by atoms with Gasteiger partial charge in [-0.15, -0.1) is 0 Å². The van der Waals surface area contributed by atoms with E-state index in [0.717, 1.165) is 5.56 Å². The Hall–Kier alpha value is -1.84. The summed E-state index contributed by atoms with van der Waals surface area (Å²) in [5.74, 6) is -1.35. The van der Waals surface area contributed by atoms with Crippen molar-refractivity contribution in [2.45, 2.75) is 32.6 Å². The number of rotatable bonds is 6. The molecule has 0 radical (unpaired) electrons. The van der Waals surface area contributed by atoms with Crippen LogP contribution < -0.4 is 0 Å². The Balaban J connectivity index is 3.40. The topological polar surface area (TPSA) is 52.6 Å². The van der Waals surface area contributed by atoms with E-state index < -0.39 is 17.4 Å².